The molecule has 0 aliphatic heterocycles. The Balaban J connectivity index is 1.10. The predicted molar refractivity (Wildman–Crippen MR) is 266 cm³/mol. The fourth-order valence-corrected chi connectivity index (χ4v) is 15.5. The molecule has 0 N–H and O–H groups in total. The first-order valence-electron chi connectivity index (χ1n) is 20.9. The third-order valence-corrected chi connectivity index (χ3v) is 18.2. The van der Waals surface area contributed by atoms with Crippen molar-refractivity contribution in [1.82, 2.24) is 0 Å². The Morgan fingerprint density at radius 1 is 0.295 bits per heavy atom. The van der Waals surface area contributed by atoms with E-state index in [0.29, 0.717) is 0 Å². The van der Waals surface area contributed by atoms with Gasteiger partial charge in [-0.05, 0) is 84.1 Å². The van der Waals surface area contributed by atoms with Crippen LogP contribution in [0.3, 0.4) is 0 Å². The normalized spacial score (nSPS) is 11.6. The zero-order valence-electron chi connectivity index (χ0n) is 33.5. The first kappa shape index (κ1) is 36.8. The summed E-state index contributed by atoms with van der Waals surface area (Å²) < 4.78 is 2.60. The Bertz CT molecular complexity index is 3190. The summed E-state index contributed by atoms with van der Waals surface area (Å²) in [5.41, 5.74) is 8.19. The van der Waals surface area contributed by atoms with Crippen molar-refractivity contribution < 1.29 is 0 Å². The van der Waals surface area contributed by atoms with Crippen molar-refractivity contribution in [2.24, 2.45) is 0 Å². The summed E-state index contributed by atoms with van der Waals surface area (Å²) >= 11 is 1.90. The highest BCUT2D eigenvalue weighted by molar-refractivity contribution is 7.27. The Hall–Kier alpha value is -7.30. The van der Waals surface area contributed by atoms with Gasteiger partial charge in [-0.15, -0.1) is 11.3 Å². The summed E-state index contributed by atoms with van der Waals surface area (Å²) in [6.07, 6.45) is 0. The molecular formula is C58H41NSSi. The van der Waals surface area contributed by atoms with Crippen LogP contribution in [0, 0.1) is 0 Å². The maximum Gasteiger partial charge on any atom is 0.179 e. The largest absolute Gasteiger partial charge is 0.309 e. The van der Waals surface area contributed by atoms with Gasteiger partial charge in [0.05, 0.1) is 10.4 Å². The number of anilines is 3. The van der Waals surface area contributed by atoms with Crippen LogP contribution in [-0.4, -0.2) is 8.07 Å². The Morgan fingerprint density at radius 2 is 0.787 bits per heavy atom. The van der Waals surface area contributed by atoms with Gasteiger partial charge in [0.2, 0.25) is 0 Å². The molecule has 0 saturated heterocycles. The lowest BCUT2D eigenvalue weighted by Crippen LogP contribution is -2.74. The van der Waals surface area contributed by atoms with Crippen molar-refractivity contribution in [2.45, 2.75) is 0 Å². The first-order valence-corrected chi connectivity index (χ1v) is 23.7. The van der Waals surface area contributed by atoms with E-state index < -0.39 is 8.07 Å². The molecule has 1 aromatic heterocycles. The standard InChI is InChI=1S/C58H41NSSi/c1-5-18-42(19-6-1)43-34-37-47(38-35-43)59(56-33-17-32-54-55-39-36-44-20-13-14-31-53(44)57(55)60-58(54)56)48-23-15-21-45(40-48)46-22-16-30-52(41-46)61(49-24-7-2-8-25-49,50-26-9-3-10-27-50)51-28-11-4-12-29-51/h1-41H. The van der Waals surface area contributed by atoms with E-state index in [1.54, 1.807) is 0 Å². The third kappa shape index (κ3) is 6.47. The molecule has 0 spiro atoms. The molecule has 0 amide bonds. The molecule has 0 atom stereocenters. The van der Waals surface area contributed by atoms with E-state index in [2.05, 4.69) is 254 Å². The molecule has 0 aliphatic carbocycles. The highest BCUT2D eigenvalue weighted by Crippen LogP contribution is 2.47. The number of rotatable bonds is 9. The predicted octanol–water partition coefficient (Wildman–Crippen LogP) is 13.4. The van der Waals surface area contributed by atoms with Gasteiger partial charge in [0.1, 0.15) is 0 Å². The Kier molecular flexibility index (Phi) is 9.46. The molecule has 0 saturated carbocycles. The zero-order valence-corrected chi connectivity index (χ0v) is 35.3. The topological polar surface area (TPSA) is 3.24 Å². The van der Waals surface area contributed by atoms with Gasteiger partial charge in [-0.3, -0.25) is 0 Å². The molecule has 10 aromatic carbocycles. The van der Waals surface area contributed by atoms with E-state index in [1.807, 2.05) is 11.3 Å². The smallest absolute Gasteiger partial charge is 0.179 e. The zero-order chi connectivity index (χ0) is 40.6. The minimum Gasteiger partial charge on any atom is -0.309 e. The fourth-order valence-electron chi connectivity index (χ4n) is 9.37. The summed E-state index contributed by atoms with van der Waals surface area (Å²) in [5.74, 6) is 0. The quantitative estimate of drug-likeness (QED) is 0.104. The van der Waals surface area contributed by atoms with Gasteiger partial charge in [0.15, 0.2) is 8.07 Å². The molecule has 61 heavy (non-hydrogen) atoms. The van der Waals surface area contributed by atoms with Gasteiger partial charge in [-0.1, -0.05) is 218 Å². The Labute approximate surface area is 362 Å². The average molecular weight is 812 g/mol. The van der Waals surface area contributed by atoms with E-state index in [0.717, 1.165) is 11.4 Å². The monoisotopic (exact) mass is 811 g/mol. The highest BCUT2D eigenvalue weighted by atomic mass is 32.1. The number of fused-ring (bicyclic) bond motifs is 5. The first-order chi connectivity index (χ1) is 30.3. The third-order valence-electron chi connectivity index (χ3n) is 12.2. The molecule has 0 aliphatic rings. The molecule has 0 bridgehead atoms. The van der Waals surface area contributed by atoms with Gasteiger partial charge >= 0.3 is 0 Å². The lowest BCUT2D eigenvalue weighted by Gasteiger charge is -2.34. The number of hydrogen-bond donors (Lipinski definition) is 0. The van der Waals surface area contributed by atoms with Crippen molar-refractivity contribution >= 4 is 88.2 Å². The van der Waals surface area contributed by atoms with Crippen molar-refractivity contribution in [3.05, 3.63) is 249 Å². The van der Waals surface area contributed by atoms with Gasteiger partial charge in [-0.2, -0.15) is 0 Å². The molecule has 0 unspecified atom stereocenters. The molecular weight excluding hydrogens is 771 g/mol. The number of thiophene rings is 1. The van der Waals surface area contributed by atoms with Crippen LogP contribution in [0.4, 0.5) is 17.1 Å². The second-order valence-corrected chi connectivity index (χ2v) is 20.5. The molecule has 288 valence electrons. The number of hydrogen-bond acceptors (Lipinski definition) is 2. The second kappa shape index (κ2) is 15.7. The van der Waals surface area contributed by atoms with Gasteiger partial charge < -0.3 is 4.90 Å². The summed E-state index contributed by atoms with van der Waals surface area (Å²) in [4.78, 5) is 2.46. The SMILES string of the molecule is c1ccc(-c2ccc(N(c3cccc(-c4cccc([Si](c5ccccc5)(c5ccccc5)c5ccccc5)c4)c3)c3cccc4c3sc3c5ccccc5ccc43)cc2)cc1. The molecule has 1 nitrogen and oxygen atoms in total. The van der Waals surface area contributed by atoms with E-state index in [-0.39, 0.29) is 0 Å². The molecule has 1 heterocycles. The van der Waals surface area contributed by atoms with Crippen molar-refractivity contribution in [2.75, 3.05) is 4.90 Å². The van der Waals surface area contributed by atoms with Crippen LogP contribution in [0.5, 0.6) is 0 Å². The van der Waals surface area contributed by atoms with E-state index >= 15 is 0 Å². The summed E-state index contributed by atoms with van der Waals surface area (Å²) in [5, 5.41) is 10.6. The van der Waals surface area contributed by atoms with E-state index in [4.69, 9.17) is 0 Å². The van der Waals surface area contributed by atoms with Crippen molar-refractivity contribution in [3.8, 4) is 22.3 Å². The molecule has 0 fully saturated rings. The molecule has 3 heteroatoms. The molecule has 0 radical (unpaired) electrons. The minimum absolute atomic E-state index is 1.11. The number of benzene rings is 10. The van der Waals surface area contributed by atoms with Crippen LogP contribution < -0.4 is 25.6 Å². The average Bonchev–Trinajstić information content (AvgIpc) is 3.74. The van der Waals surface area contributed by atoms with E-state index in [9.17, 15) is 0 Å². The maximum atomic E-state index is 2.47. The maximum absolute atomic E-state index is 2.71. The molecule has 11 rings (SSSR count). The van der Waals surface area contributed by atoms with Crippen LogP contribution in [0.2, 0.25) is 0 Å². The summed E-state index contributed by atoms with van der Waals surface area (Å²) in [6.45, 7) is 0. The van der Waals surface area contributed by atoms with Crippen LogP contribution >= 0.6 is 11.3 Å². The van der Waals surface area contributed by atoms with Gasteiger partial charge in [0.25, 0.3) is 0 Å². The highest BCUT2D eigenvalue weighted by Gasteiger charge is 2.41. The van der Waals surface area contributed by atoms with Gasteiger partial charge in [0, 0.05) is 26.8 Å². The van der Waals surface area contributed by atoms with Crippen molar-refractivity contribution in [1.29, 1.82) is 0 Å². The second-order valence-electron chi connectivity index (χ2n) is 15.6. The van der Waals surface area contributed by atoms with Crippen LogP contribution in [0.1, 0.15) is 0 Å². The van der Waals surface area contributed by atoms with Crippen LogP contribution in [-0.2, 0) is 0 Å². The lowest BCUT2D eigenvalue weighted by atomic mass is 10.0. The Morgan fingerprint density at radius 3 is 1.46 bits per heavy atom. The van der Waals surface area contributed by atoms with Gasteiger partial charge in [-0.25, -0.2) is 0 Å². The van der Waals surface area contributed by atoms with E-state index in [1.165, 1.54) is 79.6 Å². The number of nitrogens with zero attached hydrogens (tertiary/aromatic N) is 1. The minimum atomic E-state index is -2.71. The summed E-state index contributed by atoms with van der Waals surface area (Å²) in [7, 11) is -2.71. The van der Waals surface area contributed by atoms with Crippen LogP contribution in [0.15, 0.2) is 249 Å². The lowest BCUT2D eigenvalue weighted by molar-refractivity contribution is 1.30. The summed E-state index contributed by atoms with van der Waals surface area (Å²) in [6, 6.07) is 91.8. The molecule has 11 aromatic rings. The van der Waals surface area contributed by atoms with Crippen LogP contribution in [0.25, 0.3) is 53.2 Å². The van der Waals surface area contributed by atoms with Crippen molar-refractivity contribution in [3.63, 3.8) is 0 Å². The fraction of sp³-hybridized carbons (Fsp3) is 0.